The van der Waals surface area contributed by atoms with Crippen LogP contribution in [0.2, 0.25) is 0 Å². The van der Waals surface area contributed by atoms with Crippen molar-refractivity contribution in [2.24, 2.45) is 0 Å². The maximum Gasteiger partial charge on any atom is 0.347 e. The van der Waals surface area contributed by atoms with Crippen molar-refractivity contribution in [3.05, 3.63) is 40.8 Å². The molecule has 0 spiro atoms. The number of benzene rings is 1. The van der Waals surface area contributed by atoms with Gasteiger partial charge in [0.05, 0.1) is 0 Å². The van der Waals surface area contributed by atoms with Crippen molar-refractivity contribution >= 4 is 34.7 Å². The van der Waals surface area contributed by atoms with Gasteiger partial charge in [0, 0.05) is 5.69 Å². The number of fused-ring (bicyclic) bond motifs is 1. The molecule has 2 heterocycles. The van der Waals surface area contributed by atoms with Crippen LogP contribution in [0.1, 0.15) is 6.92 Å². The summed E-state index contributed by atoms with van der Waals surface area (Å²) < 4.78 is 1.96. The summed E-state index contributed by atoms with van der Waals surface area (Å²) in [6.07, 6.45) is 1.97. The Morgan fingerprint density at radius 3 is 2.67 bits per heavy atom. The Kier molecular flexibility index (Phi) is 4.03. The average Bonchev–Trinajstić information content (AvgIpc) is 2.87. The molecule has 0 fully saturated rings. The quantitative estimate of drug-likeness (QED) is 0.592. The van der Waals surface area contributed by atoms with Gasteiger partial charge in [-0.05, 0) is 24.1 Å². The summed E-state index contributed by atoms with van der Waals surface area (Å²) in [6.45, 7) is 2.03. The molecule has 0 aliphatic rings. The van der Waals surface area contributed by atoms with Crippen molar-refractivity contribution in [1.29, 1.82) is 0 Å². The van der Waals surface area contributed by atoms with Gasteiger partial charge in [-0.3, -0.25) is 9.55 Å². The van der Waals surface area contributed by atoms with Gasteiger partial charge in [0.2, 0.25) is 0 Å². The van der Waals surface area contributed by atoms with Crippen LogP contribution in [0.5, 0.6) is 0 Å². The normalized spacial score (nSPS) is 11.1. The van der Waals surface area contributed by atoms with E-state index in [1.807, 2.05) is 48.1 Å². The minimum absolute atomic E-state index is 0.344. The Morgan fingerprint density at radius 1 is 1.24 bits per heavy atom. The van der Waals surface area contributed by atoms with Crippen molar-refractivity contribution in [1.82, 2.24) is 19.5 Å². The van der Waals surface area contributed by atoms with Gasteiger partial charge in [-0.1, -0.05) is 36.9 Å². The van der Waals surface area contributed by atoms with Gasteiger partial charge in [-0.25, -0.2) is 9.78 Å². The number of hydrogen-bond donors (Lipinski definition) is 1. The second-order valence-corrected chi connectivity index (χ2v) is 6.27. The van der Waals surface area contributed by atoms with Gasteiger partial charge < -0.3 is 0 Å². The molecule has 0 aliphatic heterocycles. The van der Waals surface area contributed by atoms with E-state index >= 15 is 0 Å². The van der Waals surface area contributed by atoms with Crippen LogP contribution in [0, 0.1) is 0 Å². The molecule has 0 atom stereocenters. The lowest BCUT2D eigenvalue weighted by Gasteiger charge is -2.06. The first kappa shape index (κ1) is 14.2. The Morgan fingerprint density at radius 2 is 2.00 bits per heavy atom. The second-order valence-electron chi connectivity index (χ2n) is 4.25. The van der Waals surface area contributed by atoms with Gasteiger partial charge in [0.1, 0.15) is 16.2 Å². The predicted octanol–water partition coefficient (Wildman–Crippen LogP) is 2.94. The van der Waals surface area contributed by atoms with Crippen molar-refractivity contribution in [2.75, 3.05) is 12.0 Å². The zero-order valence-corrected chi connectivity index (χ0v) is 13.3. The molecule has 3 aromatic rings. The Bertz CT molecular complexity index is 826. The molecule has 5 nitrogen and oxygen atoms in total. The summed E-state index contributed by atoms with van der Waals surface area (Å²) in [7, 11) is 0. The van der Waals surface area contributed by atoms with Crippen LogP contribution < -0.4 is 5.69 Å². The molecular weight excluding hydrogens is 304 g/mol. The summed E-state index contributed by atoms with van der Waals surface area (Å²) in [5.41, 5.74) is 2.07. The van der Waals surface area contributed by atoms with E-state index in [0.29, 0.717) is 10.7 Å². The monoisotopic (exact) mass is 318 g/mol. The molecule has 7 heteroatoms. The molecule has 21 heavy (non-hydrogen) atoms. The first-order valence-corrected chi connectivity index (χ1v) is 8.70. The van der Waals surface area contributed by atoms with Crippen molar-refractivity contribution in [3.63, 3.8) is 0 Å². The number of aromatic nitrogens is 4. The van der Waals surface area contributed by atoms with Crippen molar-refractivity contribution in [3.8, 4) is 5.69 Å². The Hall–Kier alpha value is -1.73. The number of nitrogens with one attached hydrogen (secondary N) is 1. The lowest BCUT2D eigenvalue weighted by molar-refractivity contribution is 0.907. The van der Waals surface area contributed by atoms with E-state index in [4.69, 9.17) is 0 Å². The summed E-state index contributed by atoms with van der Waals surface area (Å²) >= 11 is 3.07. The number of thioether (sulfide) groups is 2. The molecule has 1 N–H and O–H groups in total. The molecule has 0 saturated heterocycles. The number of rotatable bonds is 4. The molecule has 2 aromatic heterocycles. The molecule has 0 amide bonds. The lowest BCUT2D eigenvalue weighted by Crippen LogP contribution is -2.12. The molecule has 0 unspecified atom stereocenters. The highest BCUT2D eigenvalue weighted by Gasteiger charge is 2.17. The van der Waals surface area contributed by atoms with E-state index in [9.17, 15) is 4.79 Å². The van der Waals surface area contributed by atoms with E-state index in [0.717, 1.165) is 22.1 Å². The van der Waals surface area contributed by atoms with Crippen LogP contribution >= 0.6 is 23.5 Å². The molecule has 0 aliphatic carbocycles. The second kappa shape index (κ2) is 5.95. The maximum atomic E-state index is 11.8. The Balaban J connectivity index is 2.35. The van der Waals surface area contributed by atoms with Crippen LogP contribution in [-0.4, -0.2) is 31.5 Å². The molecule has 0 radical (unpaired) electrons. The van der Waals surface area contributed by atoms with Crippen LogP contribution in [0.25, 0.3) is 16.9 Å². The van der Waals surface area contributed by atoms with Crippen molar-refractivity contribution < 1.29 is 0 Å². The fourth-order valence-electron chi connectivity index (χ4n) is 2.13. The summed E-state index contributed by atoms with van der Waals surface area (Å²) in [5.74, 6) is 0.846. The minimum Gasteiger partial charge on any atom is -0.290 e. The first-order chi connectivity index (χ1) is 10.2. The molecule has 3 rings (SSSR count). The third-order valence-corrected chi connectivity index (χ3v) is 4.44. The Labute approximate surface area is 130 Å². The fourth-order valence-corrected chi connectivity index (χ4v) is 3.39. The van der Waals surface area contributed by atoms with Crippen molar-refractivity contribution in [2.45, 2.75) is 17.1 Å². The predicted molar refractivity (Wildman–Crippen MR) is 87.7 cm³/mol. The van der Waals surface area contributed by atoms with Gasteiger partial charge in [0.25, 0.3) is 0 Å². The van der Waals surface area contributed by atoms with Crippen LogP contribution in [0.4, 0.5) is 0 Å². The van der Waals surface area contributed by atoms with Crippen LogP contribution in [-0.2, 0) is 0 Å². The summed E-state index contributed by atoms with van der Waals surface area (Å²) in [4.78, 5) is 23.3. The fraction of sp³-hybridized carbons (Fsp3) is 0.214. The summed E-state index contributed by atoms with van der Waals surface area (Å²) in [5, 5.41) is 1.51. The number of hydrogen-bond acceptors (Lipinski definition) is 5. The largest absolute Gasteiger partial charge is 0.347 e. The molecule has 108 valence electrons. The van der Waals surface area contributed by atoms with Crippen LogP contribution in [0.15, 0.2) is 45.3 Å². The third-order valence-electron chi connectivity index (χ3n) is 2.96. The molecular formula is C14H14N4OS2. The van der Waals surface area contributed by atoms with Gasteiger partial charge >= 0.3 is 5.69 Å². The highest BCUT2D eigenvalue weighted by atomic mass is 32.2. The molecule has 0 saturated carbocycles. The van der Waals surface area contributed by atoms with E-state index in [-0.39, 0.29) is 5.69 Å². The highest BCUT2D eigenvalue weighted by Crippen LogP contribution is 2.29. The third kappa shape index (κ3) is 2.58. The topological polar surface area (TPSA) is 63.6 Å². The highest BCUT2D eigenvalue weighted by molar-refractivity contribution is 7.99. The van der Waals surface area contributed by atoms with E-state index in [1.165, 1.54) is 11.8 Å². The smallest absolute Gasteiger partial charge is 0.290 e. The number of nitrogens with zero attached hydrogens (tertiary/aromatic N) is 3. The zero-order valence-electron chi connectivity index (χ0n) is 11.7. The average molecular weight is 318 g/mol. The zero-order chi connectivity index (χ0) is 14.8. The standard InChI is InChI=1S/C14H14N4OS2/c1-3-21-12-10-11(16-13(19)17-12)18(14(15-10)20-2)9-7-5-4-6-8-9/h4-8H,3H2,1-2H3,(H,16,17,19). The molecule has 1 aromatic carbocycles. The van der Waals surface area contributed by atoms with Crippen LogP contribution in [0.3, 0.4) is 0 Å². The number of imidazole rings is 1. The van der Waals surface area contributed by atoms with E-state index in [2.05, 4.69) is 15.0 Å². The van der Waals surface area contributed by atoms with Gasteiger partial charge in [-0.15, -0.1) is 11.8 Å². The minimum atomic E-state index is -0.344. The first-order valence-electron chi connectivity index (χ1n) is 6.49. The number of H-pyrrole nitrogens is 1. The molecule has 0 bridgehead atoms. The van der Waals surface area contributed by atoms with Gasteiger partial charge in [0.15, 0.2) is 5.16 Å². The SMILES string of the molecule is CCSc1nc(=O)[nH]c2c1nc(SC)n2-c1ccccc1. The number of aromatic amines is 1. The van der Waals surface area contributed by atoms with Gasteiger partial charge in [-0.2, -0.15) is 4.98 Å². The maximum absolute atomic E-state index is 11.8. The summed E-state index contributed by atoms with van der Waals surface area (Å²) in [6, 6.07) is 9.88. The lowest BCUT2D eigenvalue weighted by atomic mass is 10.3. The number of para-hydroxylation sites is 1. The van der Waals surface area contributed by atoms with E-state index < -0.39 is 0 Å². The van der Waals surface area contributed by atoms with E-state index in [1.54, 1.807) is 11.8 Å².